The number of nitrogens with one attached hydrogen (secondary N) is 1. The fourth-order valence-corrected chi connectivity index (χ4v) is 3.76. The van der Waals surface area contributed by atoms with Gasteiger partial charge in [-0.05, 0) is 49.6 Å². The second kappa shape index (κ2) is 7.62. The first-order valence-electron chi connectivity index (χ1n) is 8.32. The molecule has 24 heavy (non-hydrogen) atoms. The first-order chi connectivity index (χ1) is 11.6. The number of hydrogen-bond acceptors (Lipinski definition) is 3. The highest BCUT2D eigenvalue weighted by Crippen LogP contribution is 2.16. The molecule has 1 aromatic carbocycles. The molecule has 1 fully saturated rings. The lowest BCUT2D eigenvalue weighted by molar-refractivity contribution is -0.120. The molecule has 0 aliphatic carbocycles. The van der Waals surface area contributed by atoms with E-state index in [1.54, 1.807) is 11.3 Å². The SMILES string of the molecule is Cc1ccc(CC(=O)NCc2ccc(C(=O)N3CCCC3)cc2)s1. The van der Waals surface area contributed by atoms with E-state index in [1.165, 1.54) is 4.88 Å². The van der Waals surface area contributed by atoms with Crippen molar-refractivity contribution in [2.24, 2.45) is 0 Å². The predicted molar refractivity (Wildman–Crippen MR) is 96.2 cm³/mol. The van der Waals surface area contributed by atoms with E-state index in [4.69, 9.17) is 0 Å². The third-order valence-corrected chi connectivity index (χ3v) is 5.22. The fourth-order valence-electron chi connectivity index (χ4n) is 2.87. The third kappa shape index (κ3) is 4.23. The molecule has 126 valence electrons. The second-order valence-electron chi connectivity index (χ2n) is 6.16. The number of carbonyl (C=O) groups excluding carboxylic acids is 2. The average Bonchev–Trinajstić information content (AvgIpc) is 3.25. The van der Waals surface area contributed by atoms with Crippen LogP contribution in [-0.4, -0.2) is 29.8 Å². The van der Waals surface area contributed by atoms with Crippen molar-refractivity contribution in [1.29, 1.82) is 0 Å². The normalized spacial score (nSPS) is 14.0. The molecule has 0 bridgehead atoms. The molecule has 4 nitrogen and oxygen atoms in total. The summed E-state index contributed by atoms with van der Waals surface area (Å²) in [6, 6.07) is 11.6. The Labute approximate surface area is 146 Å². The summed E-state index contributed by atoms with van der Waals surface area (Å²) in [6.07, 6.45) is 2.61. The molecule has 0 spiro atoms. The summed E-state index contributed by atoms with van der Waals surface area (Å²) >= 11 is 1.65. The molecular weight excluding hydrogens is 320 g/mol. The summed E-state index contributed by atoms with van der Waals surface area (Å²) in [5.74, 6) is 0.130. The van der Waals surface area contributed by atoms with E-state index in [9.17, 15) is 9.59 Å². The minimum Gasteiger partial charge on any atom is -0.352 e. The summed E-state index contributed by atoms with van der Waals surface area (Å²) in [5.41, 5.74) is 1.73. The van der Waals surface area contributed by atoms with Gasteiger partial charge < -0.3 is 10.2 Å². The number of likely N-dealkylation sites (tertiary alicyclic amines) is 1. The molecule has 0 saturated carbocycles. The smallest absolute Gasteiger partial charge is 0.253 e. The minimum absolute atomic E-state index is 0.0223. The first-order valence-corrected chi connectivity index (χ1v) is 9.14. The Hall–Kier alpha value is -2.14. The summed E-state index contributed by atoms with van der Waals surface area (Å²) in [5, 5.41) is 2.93. The molecule has 1 aromatic heterocycles. The van der Waals surface area contributed by atoms with Crippen molar-refractivity contribution in [2.75, 3.05) is 13.1 Å². The van der Waals surface area contributed by atoms with E-state index in [0.29, 0.717) is 13.0 Å². The van der Waals surface area contributed by atoms with Gasteiger partial charge in [0.1, 0.15) is 0 Å². The average molecular weight is 342 g/mol. The molecule has 2 amide bonds. The number of benzene rings is 1. The Kier molecular flexibility index (Phi) is 5.30. The Balaban J connectivity index is 1.50. The number of carbonyl (C=O) groups is 2. The van der Waals surface area contributed by atoms with Gasteiger partial charge in [0.05, 0.1) is 6.42 Å². The summed E-state index contributed by atoms with van der Waals surface area (Å²) in [6.45, 7) is 4.25. The zero-order chi connectivity index (χ0) is 16.9. The highest BCUT2D eigenvalue weighted by atomic mass is 32.1. The Morgan fingerprint density at radius 1 is 1.08 bits per heavy atom. The third-order valence-electron chi connectivity index (χ3n) is 4.21. The Morgan fingerprint density at radius 2 is 1.79 bits per heavy atom. The molecule has 3 rings (SSSR count). The maximum atomic E-state index is 12.3. The number of thiophene rings is 1. The van der Waals surface area contributed by atoms with Crippen LogP contribution in [0.5, 0.6) is 0 Å². The molecule has 1 aliphatic heterocycles. The van der Waals surface area contributed by atoms with Crippen LogP contribution in [0.25, 0.3) is 0 Å². The Morgan fingerprint density at radius 3 is 2.42 bits per heavy atom. The summed E-state index contributed by atoms with van der Waals surface area (Å²) in [7, 11) is 0. The van der Waals surface area contributed by atoms with Gasteiger partial charge in [0, 0.05) is 35.0 Å². The second-order valence-corrected chi connectivity index (χ2v) is 7.53. The number of aryl methyl sites for hydroxylation is 1. The largest absolute Gasteiger partial charge is 0.352 e. The highest BCUT2D eigenvalue weighted by Gasteiger charge is 2.19. The van der Waals surface area contributed by atoms with E-state index < -0.39 is 0 Å². The predicted octanol–water partition coefficient (Wildman–Crippen LogP) is 3.15. The van der Waals surface area contributed by atoms with Gasteiger partial charge in [0.2, 0.25) is 5.91 Å². The van der Waals surface area contributed by atoms with Crippen molar-refractivity contribution < 1.29 is 9.59 Å². The molecule has 1 saturated heterocycles. The number of hydrogen-bond donors (Lipinski definition) is 1. The zero-order valence-electron chi connectivity index (χ0n) is 13.9. The van der Waals surface area contributed by atoms with Crippen molar-refractivity contribution in [3.63, 3.8) is 0 Å². The van der Waals surface area contributed by atoms with Gasteiger partial charge in [-0.15, -0.1) is 11.3 Å². The fraction of sp³-hybridized carbons (Fsp3) is 0.368. The van der Waals surface area contributed by atoms with Gasteiger partial charge in [0.25, 0.3) is 5.91 Å². The Bertz CT molecular complexity index is 715. The maximum absolute atomic E-state index is 12.3. The van der Waals surface area contributed by atoms with E-state index >= 15 is 0 Å². The molecule has 2 aromatic rings. The molecule has 1 N–H and O–H groups in total. The van der Waals surface area contributed by atoms with Crippen LogP contribution in [0.15, 0.2) is 36.4 Å². The molecular formula is C19H22N2O2S. The lowest BCUT2D eigenvalue weighted by Gasteiger charge is -2.15. The molecule has 1 aliphatic rings. The van der Waals surface area contributed by atoms with Crippen LogP contribution >= 0.6 is 11.3 Å². The van der Waals surface area contributed by atoms with Gasteiger partial charge in [-0.25, -0.2) is 0 Å². The van der Waals surface area contributed by atoms with Crippen LogP contribution < -0.4 is 5.32 Å². The number of amides is 2. The molecule has 0 unspecified atom stereocenters. The van der Waals surface area contributed by atoms with E-state index in [0.717, 1.165) is 41.9 Å². The maximum Gasteiger partial charge on any atom is 0.253 e. The highest BCUT2D eigenvalue weighted by molar-refractivity contribution is 7.12. The molecule has 0 radical (unpaired) electrons. The van der Waals surface area contributed by atoms with E-state index in [2.05, 4.69) is 5.32 Å². The van der Waals surface area contributed by atoms with Gasteiger partial charge in [-0.1, -0.05) is 12.1 Å². The van der Waals surface area contributed by atoms with Crippen LogP contribution in [0.1, 0.15) is 38.5 Å². The molecule has 5 heteroatoms. The van der Waals surface area contributed by atoms with Crippen LogP contribution in [0.2, 0.25) is 0 Å². The van der Waals surface area contributed by atoms with Gasteiger partial charge in [0.15, 0.2) is 0 Å². The van der Waals surface area contributed by atoms with Crippen molar-refractivity contribution >= 4 is 23.2 Å². The first kappa shape index (κ1) is 16.7. The number of rotatable bonds is 5. The summed E-state index contributed by atoms with van der Waals surface area (Å²) in [4.78, 5) is 28.5. The van der Waals surface area contributed by atoms with Crippen molar-refractivity contribution in [2.45, 2.75) is 32.7 Å². The van der Waals surface area contributed by atoms with Gasteiger partial charge in [-0.3, -0.25) is 9.59 Å². The minimum atomic E-state index is 0.0223. The standard InChI is InChI=1S/C19H22N2O2S/c1-14-4-9-17(24-14)12-18(22)20-13-15-5-7-16(8-6-15)19(23)21-10-2-3-11-21/h4-9H,2-3,10-13H2,1H3,(H,20,22). The lowest BCUT2D eigenvalue weighted by atomic mass is 10.1. The molecule has 2 heterocycles. The quantitative estimate of drug-likeness (QED) is 0.907. The van der Waals surface area contributed by atoms with Gasteiger partial charge in [-0.2, -0.15) is 0 Å². The van der Waals surface area contributed by atoms with Crippen LogP contribution in [0.4, 0.5) is 0 Å². The molecule has 0 atom stereocenters. The lowest BCUT2D eigenvalue weighted by Crippen LogP contribution is -2.27. The monoisotopic (exact) mass is 342 g/mol. The van der Waals surface area contributed by atoms with Crippen molar-refractivity contribution in [3.05, 3.63) is 57.3 Å². The summed E-state index contributed by atoms with van der Waals surface area (Å²) < 4.78 is 0. The van der Waals surface area contributed by atoms with Crippen LogP contribution in [0, 0.1) is 6.92 Å². The topological polar surface area (TPSA) is 49.4 Å². The number of nitrogens with zero attached hydrogens (tertiary/aromatic N) is 1. The van der Waals surface area contributed by atoms with E-state index in [1.807, 2.05) is 48.2 Å². The van der Waals surface area contributed by atoms with Crippen LogP contribution in [-0.2, 0) is 17.8 Å². The van der Waals surface area contributed by atoms with Crippen LogP contribution in [0.3, 0.4) is 0 Å². The van der Waals surface area contributed by atoms with E-state index in [-0.39, 0.29) is 11.8 Å². The van der Waals surface area contributed by atoms with Crippen molar-refractivity contribution in [1.82, 2.24) is 10.2 Å². The zero-order valence-corrected chi connectivity index (χ0v) is 14.7. The van der Waals surface area contributed by atoms with Crippen molar-refractivity contribution in [3.8, 4) is 0 Å². The van der Waals surface area contributed by atoms with Gasteiger partial charge >= 0.3 is 0 Å².